The van der Waals surface area contributed by atoms with Crippen LogP contribution in [0, 0.1) is 10.1 Å². The number of fused-ring (bicyclic) bond motifs is 1. The first-order valence-electron chi connectivity index (χ1n) is 8.23. The fraction of sp³-hybridized carbons (Fsp3) is 0.300. The molecule has 1 atom stereocenters. The highest BCUT2D eigenvalue weighted by atomic mass is 35.5. The summed E-state index contributed by atoms with van der Waals surface area (Å²) in [5.41, 5.74) is 4.16. The zero-order chi connectivity index (χ0) is 18.2. The minimum Gasteiger partial charge on any atom is -0.347 e. The highest BCUT2D eigenvalue weighted by Crippen LogP contribution is 2.47. The largest absolute Gasteiger partial charge is 0.347 e. The van der Waals surface area contributed by atoms with Crippen molar-refractivity contribution >= 4 is 17.3 Å². The second kappa shape index (κ2) is 6.52. The van der Waals surface area contributed by atoms with Gasteiger partial charge >= 0.3 is 0 Å². The molecule has 130 valence electrons. The lowest BCUT2D eigenvalue weighted by Crippen LogP contribution is -2.25. The Bertz CT molecular complexity index is 828. The maximum atomic E-state index is 11.2. The summed E-state index contributed by atoms with van der Waals surface area (Å²) in [5.74, 6) is -0.307. The third-order valence-corrected chi connectivity index (χ3v) is 5.20. The molecule has 0 radical (unpaired) electrons. The van der Waals surface area contributed by atoms with E-state index in [-0.39, 0.29) is 22.8 Å². The van der Waals surface area contributed by atoms with E-state index in [1.807, 2.05) is 37.4 Å². The van der Waals surface area contributed by atoms with Gasteiger partial charge in [-0.15, -0.1) is 0 Å². The number of anilines is 1. The van der Waals surface area contributed by atoms with E-state index in [0.717, 1.165) is 16.9 Å². The molecule has 2 aromatic rings. The van der Waals surface area contributed by atoms with E-state index in [1.54, 1.807) is 12.1 Å². The quantitative estimate of drug-likeness (QED) is 0.571. The summed E-state index contributed by atoms with van der Waals surface area (Å²) in [7, 11) is 2.02. The van der Waals surface area contributed by atoms with Crippen molar-refractivity contribution < 1.29 is 4.92 Å². The van der Waals surface area contributed by atoms with E-state index < -0.39 is 0 Å². The van der Waals surface area contributed by atoms with Crippen molar-refractivity contribution in [1.82, 2.24) is 0 Å². The third kappa shape index (κ3) is 3.27. The van der Waals surface area contributed by atoms with Gasteiger partial charge in [-0.25, -0.2) is 0 Å². The van der Waals surface area contributed by atoms with Crippen LogP contribution in [0.15, 0.2) is 60.3 Å². The van der Waals surface area contributed by atoms with Gasteiger partial charge in [0.1, 0.15) is 0 Å². The molecule has 3 rings (SSSR count). The molecule has 0 unspecified atom stereocenters. The Kier molecular flexibility index (Phi) is 4.56. The lowest BCUT2D eigenvalue weighted by Gasteiger charge is -2.26. The monoisotopic (exact) mass is 356 g/mol. The van der Waals surface area contributed by atoms with Gasteiger partial charge in [0.05, 0.1) is 5.92 Å². The number of halogens is 1. The zero-order valence-electron chi connectivity index (χ0n) is 14.6. The molecule has 1 heterocycles. The van der Waals surface area contributed by atoms with Crippen molar-refractivity contribution in [3.63, 3.8) is 0 Å². The molecule has 1 aliphatic heterocycles. The van der Waals surface area contributed by atoms with Crippen LogP contribution in [0.25, 0.3) is 0 Å². The normalized spacial score (nSPS) is 18.2. The van der Waals surface area contributed by atoms with E-state index in [4.69, 9.17) is 11.6 Å². The molecule has 25 heavy (non-hydrogen) atoms. The first-order valence-corrected chi connectivity index (χ1v) is 8.61. The van der Waals surface area contributed by atoms with E-state index in [9.17, 15) is 10.1 Å². The van der Waals surface area contributed by atoms with Crippen LogP contribution in [-0.2, 0) is 5.41 Å². The lowest BCUT2D eigenvalue weighted by molar-refractivity contribution is -0.481. The average molecular weight is 357 g/mol. The molecule has 0 saturated heterocycles. The van der Waals surface area contributed by atoms with Crippen LogP contribution in [0.1, 0.15) is 30.9 Å². The maximum Gasteiger partial charge on any atom is 0.214 e. The van der Waals surface area contributed by atoms with E-state index >= 15 is 0 Å². The Hall–Kier alpha value is -2.33. The number of likely N-dealkylation sites (N-methyl/N-ethyl adjacent to an activating group) is 1. The zero-order valence-corrected chi connectivity index (χ0v) is 15.3. The van der Waals surface area contributed by atoms with Crippen LogP contribution < -0.4 is 4.90 Å². The molecule has 0 saturated carbocycles. The second-order valence-corrected chi connectivity index (χ2v) is 7.36. The standard InChI is InChI=1S/C20H21ClN2O2/c1-20(2)17-6-4-5-7-18(17)22(3)19(20)12-15(13-23(24)25)14-8-10-16(21)11-9-14/h4-12,15H,13H2,1-3H3/b19-12-/t15-/m1/s1. The van der Waals surface area contributed by atoms with Crippen LogP contribution >= 0.6 is 11.6 Å². The predicted molar refractivity (Wildman–Crippen MR) is 102 cm³/mol. The smallest absolute Gasteiger partial charge is 0.214 e. The summed E-state index contributed by atoms with van der Waals surface area (Å²) in [4.78, 5) is 13.1. The Morgan fingerprint density at radius 3 is 2.44 bits per heavy atom. The van der Waals surface area contributed by atoms with Gasteiger partial charge < -0.3 is 4.90 Å². The van der Waals surface area contributed by atoms with Crippen molar-refractivity contribution in [2.75, 3.05) is 18.5 Å². The summed E-state index contributed by atoms with van der Waals surface area (Å²) in [6, 6.07) is 15.5. The molecule has 0 N–H and O–H groups in total. The number of rotatable bonds is 4. The van der Waals surface area contributed by atoms with Crippen LogP contribution in [0.2, 0.25) is 5.02 Å². The maximum absolute atomic E-state index is 11.2. The first-order chi connectivity index (χ1) is 11.8. The van der Waals surface area contributed by atoms with E-state index in [0.29, 0.717) is 5.02 Å². The minimum absolute atomic E-state index is 0.147. The molecule has 0 fully saturated rings. The van der Waals surface area contributed by atoms with Gasteiger partial charge in [0.25, 0.3) is 0 Å². The van der Waals surface area contributed by atoms with Gasteiger partial charge in [-0.1, -0.05) is 61.9 Å². The predicted octanol–water partition coefficient (Wildman–Crippen LogP) is 5.01. The van der Waals surface area contributed by atoms with Gasteiger partial charge in [-0.2, -0.15) is 0 Å². The third-order valence-electron chi connectivity index (χ3n) is 4.94. The van der Waals surface area contributed by atoms with Crippen molar-refractivity contribution in [2.45, 2.75) is 25.2 Å². The van der Waals surface area contributed by atoms with Gasteiger partial charge in [0.15, 0.2) is 0 Å². The van der Waals surface area contributed by atoms with Crippen LogP contribution in [0.4, 0.5) is 5.69 Å². The fourth-order valence-corrected chi connectivity index (χ4v) is 3.74. The van der Waals surface area contributed by atoms with Crippen LogP contribution in [0.5, 0.6) is 0 Å². The summed E-state index contributed by atoms with van der Waals surface area (Å²) in [6.07, 6.45) is 2.03. The number of para-hydroxylation sites is 1. The molecular weight excluding hydrogens is 336 g/mol. The Morgan fingerprint density at radius 2 is 1.84 bits per heavy atom. The van der Waals surface area contributed by atoms with Gasteiger partial charge in [0, 0.05) is 33.8 Å². The van der Waals surface area contributed by atoms with Crippen LogP contribution in [-0.4, -0.2) is 18.5 Å². The Balaban J connectivity index is 2.06. The van der Waals surface area contributed by atoms with Gasteiger partial charge in [0.2, 0.25) is 6.54 Å². The van der Waals surface area contributed by atoms with Gasteiger partial charge in [-0.3, -0.25) is 10.1 Å². The molecule has 5 heteroatoms. The number of benzene rings is 2. The molecule has 2 aromatic carbocycles. The molecule has 0 bridgehead atoms. The summed E-state index contributed by atoms with van der Waals surface area (Å²) < 4.78 is 0. The molecular formula is C20H21ClN2O2. The van der Waals surface area contributed by atoms with Crippen molar-refractivity contribution in [3.8, 4) is 0 Å². The first kappa shape index (κ1) is 17.5. The van der Waals surface area contributed by atoms with Crippen LogP contribution in [0.3, 0.4) is 0 Å². The average Bonchev–Trinajstić information content (AvgIpc) is 2.76. The molecule has 4 nitrogen and oxygen atoms in total. The van der Waals surface area contributed by atoms with Crippen molar-refractivity contribution in [1.29, 1.82) is 0 Å². The molecule has 0 spiro atoms. The number of allylic oxidation sites excluding steroid dienone is 1. The highest BCUT2D eigenvalue weighted by Gasteiger charge is 2.38. The number of nitrogens with zero attached hydrogens (tertiary/aromatic N) is 2. The molecule has 0 amide bonds. The second-order valence-electron chi connectivity index (χ2n) is 6.93. The highest BCUT2D eigenvalue weighted by molar-refractivity contribution is 6.30. The minimum atomic E-state index is -0.307. The van der Waals surface area contributed by atoms with E-state index in [2.05, 4.69) is 30.9 Å². The molecule has 1 aliphatic rings. The SMILES string of the molecule is CN1/C(=C\[C@H](C[N+](=O)[O-])c2ccc(Cl)cc2)C(C)(C)c2ccccc21. The molecule has 0 aliphatic carbocycles. The summed E-state index contributed by atoms with van der Waals surface area (Å²) >= 11 is 5.96. The topological polar surface area (TPSA) is 46.4 Å². The Morgan fingerprint density at radius 1 is 1.20 bits per heavy atom. The lowest BCUT2D eigenvalue weighted by atomic mass is 9.82. The summed E-state index contributed by atoms with van der Waals surface area (Å²) in [6.45, 7) is 4.17. The van der Waals surface area contributed by atoms with Crippen molar-refractivity contribution in [3.05, 3.63) is 86.6 Å². The number of nitro groups is 1. The van der Waals surface area contributed by atoms with Gasteiger partial charge in [-0.05, 0) is 29.3 Å². The number of hydrogen-bond acceptors (Lipinski definition) is 3. The van der Waals surface area contributed by atoms with E-state index in [1.165, 1.54) is 5.56 Å². The Labute approximate surface area is 152 Å². The fourth-order valence-electron chi connectivity index (χ4n) is 3.62. The number of hydrogen-bond donors (Lipinski definition) is 0. The van der Waals surface area contributed by atoms with Crippen molar-refractivity contribution in [2.24, 2.45) is 0 Å². The molecule has 0 aromatic heterocycles. The summed E-state index contributed by atoms with van der Waals surface area (Å²) in [5, 5.41) is 11.8.